The van der Waals surface area contributed by atoms with Crippen LogP contribution in [0.25, 0.3) is 105 Å². The van der Waals surface area contributed by atoms with Crippen molar-refractivity contribution in [3.8, 4) is 83.6 Å². The van der Waals surface area contributed by atoms with E-state index in [0.717, 1.165) is 95.4 Å². The second-order valence-electron chi connectivity index (χ2n) is 30.7. The minimum absolute atomic E-state index is 0.0598. The van der Waals surface area contributed by atoms with E-state index in [1.54, 1.807) is 0 Å². The molecular formula is C99H74BN3. The van der Waals surface area contributed by atoms with Crippen molar-refractivity contribution in [3.05, 3.63) is 373 Å². The maximum absolute atomic E-state index is 2.72. The Morgan fingerprint density at radius 3 is 1.05 bits per heavy atom. The number of para-hydroxylation sites is 2. The minimum atomic E-state index is -0.612. The summed E-state index contributed by atoms with van der Waals surface area (Å²) in [4.78, 5) is 5.44. The van der Waals surface area contributed by atoms with Gasteiger partial charge >= 0.3 is 0 Å². The largest absolute Gasteiger partial charge is 0.310 e. The van der Waals surface area contributed by atoms with Crippen molar-refractivity contribution in [1.82, 2.24) is 4.57 Å². The fourth-order valence-electron chi connectivity index (χ4n) is 18.2. The molecule has 1 spiro atoms. The number of aromatic nitrogens is 1. The zero-order valence-corrected chi connectivity index (χ0v) is 58.8. The van der Waals surface area contributed by atoms with E-state index in [2.05, 4.69) is 396 Å². The van der Waals surface area contributed by atoms with Crippen molar-refractivity contribution in [3.63, 3.8) is 0 Å². The van der Waals surface area contributed by atoms with Gasteiger partial charge in [0.05, 0.1) is 27.8 Å². The molecule has 0 unspecified atom stereocenters. The van der Waals surface area contributed by atoms with E-state index in [4.69, 9.17) is 0 Å². The summed E-state index contributed by atoms with van der Waals surface area (Å²) < 4.78 is 2.57. The van der Waals surface area contributed by atoms with Crippen LogP contribution >= 0.6 is 0 Å². The predicted octanol–water partition coefficient (Wildman–Crippen LogP) is 24.1. The molecule has 0 radical (unpaired) electrons. The Labute approximate surface area is 604 Å². The van der Waals surface area contributed by atoms with Gasteiger partial charge in [0.25, 0.3) is 6.71 Å². The first kappa shape index (κ1) is 60.7. The molecule has 4 heteroatoms. The van der Waals surface area contributed by atoms with E-state index >= 15 is 0 Å². The number of nitrogens with zero attached hydrogens (tertiary/aromatic N) is 3. The van der Waals surface area contributed by atoms with Crippen molar-refractivity contribution >= 4 is 79.0 Å². The molecule has 0 atom stereocenters. The maximum atomic E-state index is 2.72. The molecule has 2 aliphatic carbocycles. The molecule has 3 heterocycles. The summed E-state index contributed by atoms with van der Waals surface area (Å²) in [7, 11) is 0. The molecule has 15 aromatic carbocycles. The predicted molar refractivity (Wildman–Crippen MR) is 436 cm³/mol. The lowest BCUT2D eigenvalue weighted by Crippen LogP contribution is -2.61. The Morgan fingerprint density at radius 1 is 0.262 bits per heavy atom. The first-order valence-electron chi connectivity index (χ1n) is 36.4. The van der Waals surface area contributed by atoms with Crippen LogP contribution in [0.5, 0.6) is 0 Å². The van der Waals surface area contributed by atoms with Gasteiger partial charge in [-0.15, -0.1) is 0 Å². The number of fused-ring (bicyclic) bond motifs is 17. The second kappa shape index (κ2) is 22.9. The van der Waals surface area contributed by atoms with E-state index in [1.807, 2.05) is 0 Å². The summed E-state index contributed by atoms with van der Waals surface area (Å²) in [5.41, 5.74) is 37.7. The zero-order valence-electron chi connectivity index (χ0n) is 58.8. The maximum Gasteiger partial charge on any atom is 0.252 e. The molecule has 103 heavy (non-hydrogen) atoms. The Morgan fingerprint density at radius 2 is 0.631 bits per heavy atom. The van der Waals surface area contributed by atoms with Gasteiger partial charge in [-0.25, -0.2) is 0 Å². The second-order valence-corrected chi connectivity index (χ2v) is 30.7. The quantitative estimate of drug-likeness (QED) is 0.141. The molecule has 16 aromatic rings. The Kier molecular flexibility index (Phi) is 13.5. The fourth-order valence-corrected chi connectivity index (χ4v) is 18.2. The van der Waals surface area contributed by atoms with Crippen molar-refractivity contribution in [1.29, 1.82) is 0 Å². The Hall–Kier alpha value is -12.2. The number of hydrogen-bond donors (Lipinski definition) is 0. The summed E-state index contributed by atoms with van der Waals surface area (Å²) in [6.07, 6.45) is 0. The number of hydrogen-bond acceptors (Lipinski definition) is 2. The minimum Gasteiger partial charge on any atom is -0.310 e. The fraction of sp³-hybridized carbons (Fsp3) is 0.0909. The van der Waals surface area contributed by atoms with Gasteiger partial charge in [-0.05, 0) is 171 Å². The van der Waals surface area contributed by atoms with Crippen LogP contribution in [0, 0.1) is 0 Å². The van der Waals surface area contributed by atoms with Gasteiger partial charge in [0.2, 0.25) is 0 Å². The molecule has 0 fully saturated rings. The molecule has 0 saturated heterocycles. The molecule has 0 saturated carbocycles. The summed E-state index contributed by atoms with van der Waals surface area (Å²) in [6.45, 7) is 13.7. The third-order valence-electron chi connectivity index (χ3n) is 22.9. The van der Waals surface area contributed by atoms with E-state index in [9.17, 15) is 0 Å². The van der Waals surface area contributed by atoms with Crippen molar-refractivity contribution in [2.75, 3.05) is 9.80 Å². The monoisotopic (exact) mass is 1320 g/mol. The lowest BCUT2D eigenvalue weighted by molar-refractivity contribution is 0.590. The number of rotatable bonds is 8. The summed E-state index contributed by atoms with van der Waals surface area (Å²) >= 11 is 0. The molecule has 0 N–H and O–H groups in total. The smallest absolute Gasteiger partial charge is 0.252 e. The number of benzene rings is 15. The van der Waals surface area contributed by atoms with Crippen LogP contribution in [0.3, 0.4) is 0 Å². The van der Waals surface area contributed by atoms with Crippen molar-refractivity contribution in [2.45, 2.75) is 57.8 Å². The molecule has 3 nitrogen and oxygen atoms in total. The molecular weight excluding hydrogens is 1240 g/mol. The van der Waals surface area contributed by atoms with Gasteiger partial charge in [0, 0.05) is 61.5 Å². The SMILES string of the molecule is CC(C)(C)c1ccc2c(c1)c1cc(C(C)(C)C)ccc1n2-c1ccc2c(c1)N(c1c(-c3ccccc3)cccc1-c1ccccc1)c1cc(-c3ccccc3)cc3c1B2c1cc2c(cc1N3c1c(-c3ccccc3)cccc1-c1ccccc1)-c1ccccc1C21c2ccccc2-c2ccccc21. The van der Waals surface area contributed by atoms with Gasteiger partial charge in [0.15, 0.2) is 0 Å². The summed E-state index contributed by atoms with van der Waals surface area (Å²) in [5.74, 6) is 0. The van der Waals surface area contributed by atoms with Crippen LogP contribution in [0.4, 0.5) is 34.1 Å². The first-order valence-corrected chi connectivity index (χ1v) is 36.4. The third kappa shape index (κ3) is 9.09. The molecule has 0 bridgehead atoms. The molecule has 4 aliphatic rings. The lowest BCUT2D eigenvalue weighted by atomic mass is 9.33. The molecule has 1 aromatic heterocycles. The average molecular weight is 1320 g/mol. The van der Waals surface area contributed by atoms with Gasteiger partial charge in [-0.2, -0.15) is 0 Å². The molecule has 488 valence electrons. The van der Waals surface area contributed by atoms with Crippen LogP contribution in [0.1, 0.15) is 74.9 Å². The normalized spacial score (nSPS) is 13.6. The van der Waals surface area contributed by atoms with Gasteiger partial charge < -0.3 is 14.4 Å². The van der Waals surface area contributed by atoms with E-state index < -0.39 is 5.41 Å². The van der Waals surface area contributed by atoms with E-state index in [0.29, 0.717) is 0 Å². The van der Waals surface area contributed by atoms with Crippen LogP contribution in [0.15, 0.2) is 340 Å². The zero-order chi connectivity index (χ0) is 69.0. The van der Waals surface area contributed by atoms with Crippen LogP contribution in [-0.2, 0) is 16.2 Å². The number of anilines is 6. The van der Waals surface area contributed by atoms with E-state index in [-0.39, 0.29) is 17.5 Å². The van der Waals surface area contributed by atoms with E-state index in [1.165, 1.54) is 93.8 Å². The van der Waals surface area contributed by atoms with Crippen LogP contribution < -0.4 is 26.2 Å². The summed E-state index contributed by atoms with van der Waals surface area (Å²) in [5, 5.41) is 2.52. The Bertz CT molecular complexity index is 5900. The first-order chi connectivity index (χ1) is 50.4. The highest BCUT2D eigenvalue weighted by atomic mass is 15.2. The van der Waals surface area contributed by atoms with Gasteiger partial charge in [0.1, 0.15) is 0 Å². The average Bonchev–Trinajstić information content (AvgIpc) is 1.59. The Balaban J connectivity index is 0.978. The van der Waals surface area contributed by atoms with Crippen molar-refractivity contribution in [2.24, 2.45) is 0 Å². The standard InChI is InChI=1S/C99H74BN3/c1-97(2,3)69-50-54-88-80(58-69)81-59-70(98(4,5)6)51-55-89(81)101(88)71-52-53-86-90(60-71)102(95-72(64-32-14-8-15-33-64)43-28-44-73(95)65-34-16-9-17-35-65)92-56-68(63-30-12-7-13-31-63)57-93-94(92)100(86)87-62-85-79(78-42-24-27-49-84(78)99(85)82-47-25-22-40-76(82)77-41-23-26-48-83(77)99)61-91(87)103(93)96-74(66-36-18-10-19-37-66)45-29-46-75(96)67-38-20-11-21-39-67/h7-62H,1-6H3. The highest BCUT2D eigenvalue weighted by Crippen LogP contribution is 2.64. The van der Waals surface area contributed by atoms with Gasteiger partial charge in [-0.1, -0.05) is 327 Å². The highest BCUT2D eigenvalue weighted by Gasteiger charge is 2.54. The molecule has 2 aliphatic heterocycles. The topological polar surface area (TPSA) is 11.4 Å². The summed E-state index contributed by atoms with van der Waals surface area (Å²) in [6, 6.07) is 130. The van der Waals surface area contributed by atoms with Gasteiger partial charge in [-0.3, -0.25) is 0 Å². The molecule has 0 amide bonds. The molecule has 20 rings (SSSR count). The lowest BCUT2D eigenvalue weighted by Gasteiger charge is -2.46. The third-order valence-corrected chi connectivity index (χ3v) is 22.9. The van der Waals surface area contributed by atoms with Crippen molar-refractivity contribution < 1.29 is 0 Å². The van der Waals surface area contributed by atoms with Crippen LogP contribution in [-0.4, -0.2) is 11.3 Å². The highest BCUT2D eigenvalue weighted by molar-refractivity contribution is 7.00. The van der Waals surface area contributed by atoms with Crippen LogP contribution in [0.2, 0.25) is 0 Å².